The van der Waals surface area contributed by atoms with Crippen LogP contribution in [0.1, 0.15) is 36.7 Å². The lowest BCUT2D eigenvalue weighted by Gasteiger charge is -2.10. The summed E-state index contributed by atoms with van der Waals surface area (Å²) in [6, 6.07) is 18.1. The number of rotatable bonds is 7. The molecule has 0 atom stereocenters. The normalized spacial score (nSPS) is 11.0. The summed E-state index contributed by atoms with van der Waals surface area (Å²) in [7, 11) is 0. The number of aryl methyl sites for hydroxylation is 1. The number of nitrogens with one attached hydrogen (secondary N) is 1. The van der Waals surface area contributed by atoms with Crippen molar-refractivity contribution >= 4 is 23.4 Å². The quantitative estimate of drug-likeness (QED) is 0.614. The third-order valence-corrected chi connectivity index (χ3v) is 5.22. The molecule has 0 saturated carbocycles. The first-order chi connectivity index (χ1) is 13.0. The van der Waals surface area contributed by atoms with Gasteiger partial charge in [0, 0.05) is 5.69 Å². The largest absolute Gasteiger partial charge is 0.325 e. The van der Waals surface area contributed by atoms with Crippen LogP contribution in [0.5, 0.6) is 0 Å². The van der Waals surface area contributed by atoms with Gasteiger partial charge in [0.15, 0.2) is 5.16 Å². The van der Waals surface area contributed by atoms with Gasteiger partial charge in [-0.25, -0.2) is 0 Å². The first-order valence-electron chi connectivity index (χ1n) is 8.99. The maximum Gasteiger partial charge on any atom is 0.234 e. The van der Waals surface area contributed by atoms with Crippen molar-refractivity contribution in [3.8, 4) is 0 Å². The lowest BCUT2D eigenvalue weighted by Crippen LogP contribution is -2.15. The molecule has 1 N–H and O–H groups in total. The van der Waals surface area contributed by atoms with Gasteiger partial charge in [-0.15, -0.1) is 10.2 Å². The van der Waals surface area contributed by atoms with Crippen molar-refractivity contribution in [2.75, 3.05) is 11.1 Å². The van der Waals surface area contributed by atoms with E-state index in [-0.39, 0.29) is 5.91 Å². The summed E-state index contributed by atoms with van der Waals surface area (Å²) in [6.07, 6.45) is 0. The molecule has 3 aromatic rings. The number of hydrogen-bond donors (Lipinski definition) is 1. The highest BCUT2D eigenvalue weighted by Crippen LogP contribution is 2.21. The molecule has 3 rings (SSSR count). The van der Waals surface area contributed by atoms with Crippen LogP contribution in [0.4, 0.5) is 5.69 Å². The minimum Gasteiger partial charge on any atom is -0.325 e. The number of thioether (sulfide) groups is 1. The van der Waals surface area contributed by atoms with Crippen molar-refractivity contribution in [3.63, 3.8) is 0 Å². The highest BCUT2D eigenvalue weighted by Gasteiger charge is 2.12. The van der Waals surface area contributed by atoms with Crippen LogP contribution < -0.4 is 5.32 Å². The first kappa shape index (κ1) is 19.2. The molecular formula is C21H24N4OS. The zero-order valence-corrected chi connectivity index (χ0v) is 16.7. The Hall–Kier alpha value is -2.60. The fourth-order valence-electron chi connectivity index (χ4n) is 2.72. The van der Waals surface area contributed by atoms with E-state index in [4.69, 9.17) is 0 Å². The monoisotopic (exact) mass is 380 g/mol. The van der Waals surface area contributed by atoms with Gasteiger partial charge in [-0.1, -0.05) is 68.1 Å². The van der Waals surface area contributed by atoms with Crippen molar-refractivity contribution in [1.29, 1.82) is 0 Å². The molecule has 0 saturated heterocycles. The molecule has 0 aliphatic rings. The Labute approximate surface area is 164 Å². The van der Waals surface area contributed by atoms with Crippen LogP contribution in [-0.4, -0.2) is 26.4 Å². The van der Waals surface area contributed by atoms with Crippen LogP contribution >= 0.6 is 11.8 Å². The zero-order chi connectivity index (χ0) is 19.2. The minimum atomic E-state index is -0.0483. The summed E-state index contributed by atoms with van der Waals surface area (Å²) in [6.45, 7) is 6.90. The second-order valence-corrected chi connectivity index (χ2v) is 7.66. The van der Waals surface area contributed by atoms with E-state index in [0.29, 0.717) is 18.2 Å². The Bertz CT molecular complexity index is 906. The molecule has 0 radical (unpaired) electrons. The first-order valence-corrected chi connectivity index (χ1v) is 9.98. The second-order valence-electron chi connectivity index (χ2n) is 6.72. The molecule has 1 aromatic heterocycles. The van der Waals surface area contributed by atoms with Gasteiger partial charge >= 0.3 is 0 Å². The molecule has 6 heteroatoms. The lowest BCUT2D eigenvalue weighted by atomic mass is 10.0. The molecule has 2 aromatic carbocycles. The maximum absolute atomic E-state index is 12.4. The molecule has 140 valence electrons. The number of anilines is 1. The Kier molecular flexibility index (Phi) is 6.29. The smallest absolute Gasteiger partial charge is 0.234 e. The predicted octanol–water partition coefficient (Wildman–Crippen LogP) is 4.49. The molecule has 5 nitrogen and oxygen atoms in total. The molecule has 27 heavy (non-hydrogen) atoms. The van der Waals surface area contributed by atoms with Crippen molar-refractivity contribution in [2.45, 2.75) is 38.4 Å². The molecule has 0 fully saturated rings. The highest BCUT2D eigenvalue weighted by atomic mass is 32.2. The zero-order valence-electron chi connectivity index (χ0n) is 15.8. The number of carbonyl (C=O) groups is 1. The average Bonchev–Trinajstić information content (AvgIpc) is 3.01. The number of carbonyl (C=O) groups excluding carboxylic acids is 1. The Morgan fingerprint density at radius 2 is 1.89 bits per heavy atom. The lowest BCUT2D eigenvalue weighted by molar-refractivity contribution is -0.113. The van der Waals surface area contributed by atoms with Crippen LogP contribution in [-0.2, 0) is 11.3 Å². The van der Waals surface area contributed by atoms with E-state index in [0.717, 1.165) is 16.7 Å². The van der Waals surface area contributed by atoms with Crippen molar-refractivity contribution in [1.82, 2.24) is 14.8 Å². The minimum absolute atomic E-state index is 0.0483. The summed E-state index contributed by atoms with van der Waals surface area (Å²) in [5, 5.41) is 12.1. The van der Waals surface area contributed by atoms with Gasteiger partial charge in [0.25, 0.3) is 0 Å². The summed E-state index contributed by atoms with van der Waals surface area (Å²) < 4.78 is 2.03. The molecule has 0 aliphatic heterocycles. The van der Waals surface area contributed by atoms with E-state index < -0.39 is 0 Å². The number of hydrogen-bond acceptors (Lipinski definition) is 4. The van der Waals surface area contributed by atoms with E-state index in [9.17, 15) is 4.79 Å². The van der Waals surface area contributed by atoms with Gasteiger partial charge < -0.3 is 9.88 Å². The van der Waals surface area contributed by atoms with E-state index in [1.54, 1.807) is 0 Å². The number of nitrogens with zero attached hydrogens (tertiary/aromatic N) is 3. The molecule has 0 aliphatic carbocycles. The van der Waals surface area contributed by atoms with Gasteiger partial charge in [-0.05, 0) is 36.1 Å². The molecule has 0 spiro atoms. The van der Waals surface area contributed by atoms with Crippen molar-refractivity contribution in [2.24, 2.45) is 0 Å². The Morgan fingerprint density at radius 1 is 1.11 bits per heavy atom. The number of aromatic nitrogens is 3. The SMILES string of the molecule is Cc1nnc(SCC(=O)Nc2cccc(C(C)C)c2)n1Cc1ccccc1. The molecule has 0 unspecified atom stereocenters. The second kappa shape index (κ2) is 8.86. The predicted molar refractivity (Wildman–Crippen MR) is 110 cm³/mol. The van der Waals surface area contributed by atoms with E-state index in [2.05, 4.69) is 47.6 Å². The van der Waals surface area contributed by atoms with Crippen LogP contribution in [0, 0.1) is 6.92 Å². The molecule has 1 amide bonds. The highest BCUT2D eigenvalue weighted by molar-refractivity contribution is 7.99. The van der Waals surface area contributed by atoms with E-state index >= 15 is 0 Å². The van der Waals surface area contributed by atoms with E-state index in [1.807, 2.05) is 47.9 Å². The summed E-state index contributed by atoms with van der Waals surface area (Å²) in [4.78, 5) is 12.4. The summed E-state index contributed by atoms with van der Waals surface area (Å²) >= 11 is 1.40. The van der Waals surface area contributed by atoms with Gasteiger partial charge in [0.1, 0.15) is 5.82 Å². The Balaban J connectivity index is 1.62. The average molecular weight is 381 g/mol. The summed E-state index contributed by atoms with van der Waals surface area (Å²) in [5.41, 5.74) is 3.21. The molecular weight excluding hydrogens is 356 g/mol. The van der Waals surface area contributed by atoms with Gasteiger partial charge in [-0.3, -0.25) is 4.79 Å². The van der Waals surface area contributed by atoms with Crippen LogP contribution in [0.2, 0.25) is 0 Å². The third kappa shape index (κ3) is 5.20. The van der Waals surface area contributed by atoms with Crippen molar-refractivity contribution < 1.29 is 4.79 Å². The van der Waals surface area contributed by atoms with E-state index in [1.165, 1.54) is 22.9 Å². The fraction of sp³-hybridized carbons (Fsp3) is 0.286. The van der Waals surface area contributed by atoms with Crippen LogP contribution in [0.25, 0.3) is 0 Å². The molecule has 1 heterocycles. The number of amides is 1. The topological polar surface area (TPSA) is 59.8 Å². The van der Waals surface area contributed by atoms with Gasteiger partial charge in [0.2, 0.25) is 5.91 Å². The standard InChI is InChI=1S/C21H24N4OS/c1-15(2)18-10-7-11-19(12-18)22-20(26)14-27-21-24-23-16(3)25(21)13-17-8-5-4-6-9-17/h4-12,15H,13-14H2,1-3H3,(H,22,26). The van der Waals surface area contributed by atoms with Gasteiger partial charge in [0.05, 0.1) is 12.3 Å². The summed E-state index contributed by atoms with van der Waals surface area (Å²) in [5.74, 6) is 1.51. The number of benzene rings is 2. The Morgan fingerprint density at radius 3 is 2.63 bits per heavy atom. The maximum atomic E-state index is 12.4. The van der Waals surface area contributed by atoms with Crippen LogP contribution in [0.15, 0.2) is 59.8 Å². The van der Waals surface area contributed by atoms with Crippen molar-refractivity contribution in [3.05, 3.63) is 71.5 Å². The third-order valence-electron chi connectivity index (χ3n) is 4.25. The molecule has 0 bridgehead atoms. The van der Waals surface area contributed by atoms with Crippen LogP contribution in [0.3, 0.4) is 0 Å². The van der Waals surface area contributed by atoms with Gasteiger partial charge in [-0.2, -0.15) is 0 Å². The fourth-order valence-corrected chi connectivity index (χ4v) is 3.50.